The zero-order valence-corrected chi connectivity index (χ0v) is 10.7. The van der Waals surface area contributed by atoms with Crippen molar-refractivity contribution in [2.75, 3.05) is 25.6 Å². The Labute approximate surface area is 106 Å². The summed E-state index contributed by atoms with van der Waals surface area (Å²) in [5.41, 5.74) is 0.125. The number of nitrogens with zero attached hydrogens (tertiary/aromatic N) is 2. The van der Waals surface area contributed by atoms with Gasteiger partial charge in [0.05, 0.1) is 12.4 Å². The van der Waals surface area contributed by atoms with Crippen LogP contribution in [0.15, 0.2) is 12.4 Å². The van der Waals surface area contributed by atoms with Crippen molar-refractivity contribution in [3.05, 3.63) is 18.1 Å². The molecule has 2 N–H and O–H groups in total. The summed E-state index contributed by atoms with van der Waals surface area (Å²) in [5.74, 6) is 0.457. The molecule has 1 aromatic rings. The van der Waals surface area contributed by atoms with Crippen LogP contribution >= 0.6 is 0 Å². The van der Waals surface area contributed by atoms with Gasteiger partial charge in [0.25, 0.3) is 5.91 Å². The van der Waals surface area contributed by atoms with Gasteiger partial charge in [-0.05, 0) is 19.8 Å². The molecule has 0 aromatic carbocycles. The van der Waals surface area contributed by atoms with Gasteiger partial charge in [0.15, 0.2) is 0 Å². The molecule has 0 spiro atoms. The Kier molecular flexibility index (Phi) is 3.76. The van der Waals surface area contributed by atoms with Crippen molar-refractivity contribution in [2.24, 2.45) is 0 Å². The number of hydrogen-bond acceptors (Lipinski definition) is 5. The van der Waals surface area contributed by atoms with Gasteiger partial charge in [-0.25, -0.2) is 9.97 Å². The summed E-state index contributed by atoms with van der Waals surface area (Å²) in [6.07, 6.45) is 4.66. The highest BCUT2D eigenvalue weighted by molar-refractivity contribution is 5.92. The van der Waals surface area contributed by atoms with Gasteiger partial charge in [-0.1, -0.05) is 0 Å². The second kappa shape index (κ2) is 5.30. The lowest BCUT2D eigenvalue weighted by atomic mass is 9.92. The van der Waals surface area contributed by atoms with E-state index < -0.39 is 0 Å². The largest absolute Gasteiger partial charge is 0.381 e. The minimum absolute atomic E-state index is 0.186. The number of anilines is 1. The van der Waals surface area contributed by atoms with Crippen molar-refractivity contribution in [2.45, 2.75) is 25.3 Å². The monoisotopic (exact) mass is 250 g/mol. The Morgan fingerprint density at radius 2 is 2.06 bits per heavy atom. The Morgan fingerprint density at radius 1 is 1.33 bits per heavy atom. The van der Waals surface area contributed by atoms with Crippen LogP contribution in [0.1, 0.15) is 30.3 Å². The normalized spacial score (nSPS) is 18.1. The molecule has 2 heterocycles. The van der Waals surface area contributed by atoms with Crippen LogP contribution in [0.25, 0.3) is 0 Å². The third-order valence-corrected chi connectivity index (χ3v) is 3.15. The van der Waals surface area contributed by atoms with Crippen molar-refractivity contribution in [3.63, 3.8) is 0 Å². The van der Waals surface area contributed by atoms with Crippen molar-refractivity contribution in [1.29, 1.82) is 0 Å². The zero-order valence-electron chi connectivity index (χ0n) is 10.7. The average Bonchev–Trinajstić information content (AvgIpc) is 2.39. The lowest BCUT2D eigenvalue weighted by Crippen LogP contribution is -2.49. The first-order chi connectivity index (χ1) is 8.63. The highest BCUT2D eigenvalue weighted by Crippen LogP contribution is 2.20. The number of aromatic nitrogens is 2. The predicted octanol–water partition coefficient (Wildman–Crippen LogP) is 0.817. The molecule has 1 aliphatic heterocycles. The molecule has 2 rings (SSSR count). The summed E-state index contributed by atoms with van der Waals surface area (Å²) in [5, 5.41) is 5.87. The molecule has 6 nitrogen and oxygen atoms in total. The molecular weight excluding hydrogens is 232 g/mol. The van der Waals surface area contributed by atoms with Gasteiger partial charge in [-0.2, -0.15) is 0 Å². The average molecular weight is 250 g/mol. The second-order valence-corrected chi connectivity index (χ2v) is 4.66. The zero-order chi connectivity index (χ0) is 13.0. The smallest absolute Gasteiger partial charge is 0.271 e. The SMILES string of the molecule is CNc1cnc(C(=O)NC2(C)CCOCC2)cn1. The second-order valence-electron chi connectivity index (χ2n) is 4.66. The molecule has 0 radical (unpaired) electrons. The predicted molar refractivity (Wildman–Crippen MR) is 67.5 cm³/mol. The van der Waals surface area contributed by atoms with Crippen LogP contribution in [0, 0.1) is 0 Å². The molecule has 0 aliphatic carbocycles. The van der Waals surface area contributed by atoms with Gasteiger partial charge in [-0.15, -0.1) is 0 Å². The Hall–Kier alpha value is -1.69. The van der Waals surface area contributed by atoms with Crippen molar-refractivity contribution in [1.82, 2.24) is 15.3 Å². The number of ether oxygens (including phenoxy) is 1. The Bertz CT molecular complexity index is 413. The summed E-state index contributed by atoms with van der Waals surface area (Å²) in [6, 6.07) is 0. The summed E-state index contributed by atoms with van der Waals surface area (Å²) < 4.78 is 5.29. The fourth-order valence-corrected chi connectivity index (χ4v) is 1.86. The number of carbonyl (C=O) groups excluding carboxylic acids is 1. The Balaban J connectivity index is 2.02. The van der Waals surface area contributed by atoms with Gasteiger partial charge < -0.3 is 15.4 Å². The van der Waals surface area contributed by atoms with E-state index in [9.17, 15) is 4.79 Å². The molecule has 1 fully saturated rings. The quantitative estimate of drug-likeness (QED) is 0.830. The van der Waals surface area contributed by atoms with Crippen LogP contribution in [-0.2, 0) is 4.74 Å². The van der Waals surface area contributed by atoms with Crippen molar-refractivity contribution in [3.8, 4) is 0 Å². The molecule has 0 unspecified atom stereocenters. The van der Waals surface area contributed by atoms with E-state index >= 15 is 0 Å². The van der Waals surface area contributed by atoms with Crippen LogP contribution < -0.4 is 10.6 Å². The van der Waals surface area contributed by atoms with E-state index in [0.717, 1.165) is 12.8 Å². The molecule has 0 bridgehead atoms. The van der Waals surface area contributed by atoms with Crippen molar-refractivity contribution >= 4 is 11.7 Å². The topological polar surface area (TPSA) is 76.1 Å². The lowest BCUT2D eigenvalue weighted by Gasteiger charge is -2.34. The number of carbonyl (C=O) groups is 1. The molecule has 98 valence electrons. The fourth-order valence-electron chi connectivity index (χ4n) is 1.86. The van der Waals surface area contributed by atoms with Crippen LogP contribution in [0.5, 0.6) is 0 Å². The molecule has 6 heteroatoms. The fraction of sp³-hybridized carbons (Fsp3) is 0.583. The van der Waals surface area contributed by atoms with Gasteiger partial charge in [0.1, 0.15) is 11.5 Å². The maximum Gasteiger partial charge on any atom is 0.271 e. The van der Waals surface area contributed by atoms with Crippen molar-refractivity contribution < 1.29 is 9.53 Å². The number of hydrogen-bond donors (Lipinski definition) is 2. The summed E-state index contributed by atoms with van der Waals surface area (Å²) in [6.45, 7) is 3.39. The van der Waals surface area contributed by atoms with Crippen LogP contribution in [0.4, 0.5) is 5.82 Å². The third kappa shape index (κ3) is 2.95. The summed E-state index contributed by atoms with van der Waals surface area (Å²) in [7, 11) is 1.76. The standard InChI is InChI=1S/C12H18N4O2/c1-12(3-5-18-6-4-12)16-11(17)9-7-15-10(13-2)8-14-9/h7-8H,3-6H2,1-2H3,(H,13,15)(H,16,17). The van der Waals surface area contributed by atoms with Gasteiger partial charge in [0, 0.05) is 25.8 Å². The maximum absolute atomic E-state index is 12.0. The molecule has 0 atom stereocenters. The number of nitrogens with one attached hydrogen (secondary N) is 2. The highest BCUT2D eigenvalue weighted by Gasteiger charge is 2.29. The molecule has 1 aliphatic rings. The van der Waals surface area contributed by atoms with Gasteiger partial charge >= 0.3 is 0 Å². The van der Waals surface area contributed by atoms with E-state index in [4.69, 9.17) is 4.74 Å². The van der Waals surface area contributed by atoms with E-state index in [-0.39, 0.29) is 11.4 Å². The lowest BCUT2D eigenvalue weighted by molar-refractivity contribution is 0.0421. The highest BCUT2D eigenvalue weighted by atomic mass is 16.5. The minimum atomic E-state index is -0.210. The first-order valence-corrected chi connectivity index (χ1v) is 6.03. The first-order valence-electron chi connectivity index (χ1n) is 6.03. The van der Waals surface area contributed by atoms with E-state index in [1.54, 1.807) is 13.2 Å². The molecule has 18 heavy (non-hydrogen) atoms. The summed E-state index contributed by atoms with van der Waals surface area (Å²) >= 11 is 0. The van der Waals surface area contributed by atoms with Crippen LogP contribution in [0.2, 0.25) is 0 Å². The number of rotatable bonds is 3. The number of amides is 1. The summed E-state index contributed by atoms with van der Waals surface area (Å²) in [4.78, 5) is 20.2. The van der Waals surface area contributed by atoms with E-state index in [2.05, 4.69) is 20.6 Å². The van der Waals surface area contributed by atoms with Crippen LogP contribution in [-0.4, -0.2) is 41.7 Å². The van der Waals surface area contributed by atoms with Gasteiger partial charge in [-0.3, -0.25) is 4.79 Å². The molecule has 1 amide bonds. The third-order valence-electron chi connectivity index (χ3n) is 3.15. The van der Waals surface area contributed by atoms with E-state index in [1.165, 1.54) is 6.20 Å². The molecular formula is C12H18N4O2. The minimum Gasteiger partial charge on any atom is -0.381 e. The molecule has 0 saturated carbocycles. The maximum atomic E-state index is 12.0. The van der Waals surface area contributed by atoms with Gasteiger partial charge in [0.2, 0.25) is 0 Å². The molecule has 1 saturated heterocycles. The first kappa shape index (κ1) is 12.8. The van der Waals surface area contributed by atoms with E-state index in [1.807, 2.05) is 6.92 Å². The van der Waals surface area contributed by atoms with Crippen LogP contribution in [0.3, 0.4) is 0 Å². The molecule has 1 aromatic heterocycles. The van der Waals surface area contributed by atoms with E-state index in [0.29, 0.717) is 24.7 Å². The Morgan fingerprint density at radius 3 is 2.61 bits per heavy atom.